The topological polar surface area (TPSA) is 78.1 Å². The fraction of sp³-hybridized carbons (Fsp3) is 0.423. The Balaban J connectivity index is 1.45. The SMILES string of the molecule is O=C(Nc1nc2ccccc2[nH]1)C1c2ccccc2C(=O)N(C2CCCC2)C12CCCC2. The smallest absolute Gasteiger partial charge is 0.254 e. The van der Waals surface area contributed by atoms with E-state index >= 15 is 0 Å². The van der Waals surface area contributed by atoms with Crippen molar-refractivity contribution in [2.45, 2.75) is 68.9 Å². The summed E-state index contributed by atoms with van der Waals surface area (Å²) in [6, 6.07) is 15.7. The molecule has 2 aromatic carbocycles. The Morgan fingerprint density at radius 1 is 1.00 bits per heavy atom. The quantitative estimate of drug-likeness (QED) is 0.616. The summed E-state index contributed by atoms with van der Waals surface area (Å²) in [5.41, 5.74) is 2.82. The number of hydrogen-bond acceptors (Lipinski definition) is 3. The molecule has 2 saturated carbocycles. The van der Waals surface area contributed by atoms with Gasteiger partial charge in [-0.05, 0) is 49.4 Å². The van der Waals surface area contributed by atoms with E-state index in [4.69, 9.17) is 0 Å². The van der Waals surface area contributed by atoms with Crippen LogP contribution in [0.5, 0.6) is 0 Å². The van der Waals surface area contributed by atoms with Crippen LogP contribution in [0.4, 0.5) is 5.95 Å². The molecule has 2 heterocycles. The van der Waals surface area contributed by atoms with Crippen molar-refractivity contribution >= 4 is 28.8 Å². The average molecular weight is 429 g/mol. The van der Waals surface area contributed by atoms with Crippen LogP contribution >= 0.6 is 0 Å². The van der Waals surface area contributed by atoms with Gasteiger partial charge in [0.1, 0.15) is 0 Å². The third-order valence-corrected chi connectivity index (χ3v) is 7.79. The minimum Gasteiger partial charge on any atom is -0.329 e. The normalized spacial score (nSPS) is 22.6. The molecule has 2 amide bonds. The van der Waals surface area contributed by atoms with Gasteiger partial charge in [0.2, 0.25) is 11.9 Å². The molecule has 3 aliphatic rings. The van der Waals surface area contributed by atoms with Gasteiger partial charge in [-0.15, -0.1) is 0 Å². The van der Waals surface area contributed by atoms with Crippen LogP contribution in [0, 0.1) is 0 Å². The van der Waals surface area contributed by atoms with Crippen molar-refractivity contribution in [1.29, 1.82) is 0 Å². The van der Waals surface area contributed by atoms with Crippen molar-refractivity contribution in [2.75, 3.05) is 5.32 Å². The highest BCUT2D eigenvalue weighted by Gasteiger charge is 2.57. The lowest BCUT2D eigenvalue weighted by atomic mass is 9.70. The molecule has 6 rings (SSSR count). The largest absolute Gasteiger partial charge is 0.329 e. The standard InChI is InChI=1S/C26H28N4O2/c31-23(29-25-27-20-13-5-6-14-21(20)28-25)22-18-11-3-4-12-19(18)24(32)30(17-9-1-2-10-17)26(22)15-7-8-16-26/h3-6,11-14,17,22H,1-2,7-10,15-16H2,(H2,27,28,29,31). The number of nitrogens with one attached hydrogen (secondary N) is 2. The van der Waals surface area contributed by atoms with Crippen LogP contribution in [0.3, 0.4) is 0 Å². The second-order valence-electron chi connectivity index (χ2n) is 9.54. The van der Waals surface area contributed by atoms with Crippen LogP contribution in [-0.2, 0) is 4.79 Å². The van der Waals surface area contributed by atoms with Crippen molar-refractivity contribution < 1.29 is 9.59 Å². The number of para-hydroxylation sites is 2. The van der Waals surface area contributed by atoms with Gasteiger partial charge in [-0.3, -0.25) is 14.9 Å². The first-order valence-corrected chi connectivity index (χ1v) is 11.9. The summed E-state index contributed by atoms with van der Waals surface area (Å²) in [5.74, 6) is 0.106. The van der Waals surface area contributed by atoms with E-state index in [1.165, 1.54) is 0 Å². The van der Waals surface area contributed by atoms with E-state index in [1.54, 1.807) is 0 Å². The molecule has 1 aromatic heterocycles. The van der Waals surface area contributed by atoms with Gasteiger partial charge in [0.15, 0.2) is 0 Å². The van der Waals surface area contributed by atoms with Crippen LogP contribution in [-0.4, -0.2) is 38.3 Å². The maximum absolute atomic E-state index is 13.9. The number of imidazole rings is 1. The number of aromatic amines is 1. The Morgan fingerprint density at radius 3 is 2.50 bits per heavy atom. The number of hydrogen-bond donors (Lipinski definition) is 2. The zero-order valence-electron chi connectivity index (χ0n) is 18.1. The highest BCUT2D eigenvalue weighted by Crippen LogP contribution is 2.52. The number of carbonyl (C=O) groups excluding carboxylic acids is 2. The van der Waals surface area contributed by atoms with Crippen molar-refractivity contribution in [3.05, 3.63) is 59.7 Å². The van der Waals surface area contributed by atoms with Crippen LogP contribution in [0.25, 0.3) is 11.0 Å². The third kappa shape index (κ3) is 2.89. The first kappa shape index (κ1) is 19.5. The van der Waals surface area contributed by atoms with E-state index in [0.29, 0.717) is 11.5 Å². The lowest BCUT2D eigenvalue weighted by molar-refractivity contribution is -0.121. The molecule has 1 atom stereocenters. The van der Waals surface area contributed by atoms with E-state index in [1.807, 2.05) is 48.5 Å². The molecule has 3 aromatic rings. The van der Waals surface area contributed by atoms with Crippen LogP contribution in [0.1, 0.15) is 73.2 Å². The number of amides is 2. The monoisotopic (exact) mass is 428 g/mol. The molecule has 32 heavy (non-hydrogen) atoms. The van der Waals surface area contributed by atoms with Crippen molar-refractivity contribution in [3.63, 3.8) is 0 Å². The van der Waals surface area contributed by atoms with Gasteiger partial charge in [0, 0.05) is 11.6 Å². The third-order valence-electron chi connectivity index (χ3n) is 7.79. The Hall–Kier alpha value is -3.15. The summed E-state index contributed by atoms with van der Waals surface area (Å²) in [5, 5.41) is 3.08. The molecule has 1 unspecified atom stereocenters. The lowest BCUT2D eigenvalue weighted by Gasteiger charge is -2.52. The molecule has 0 saturated heterocycles. The Kier molecular flexibility index (Phi) is 4.56. The van der Waals surface area contributed by atoms with Crippen LogP contribution in [0.15, 0.2) is 48.5 Å². The summed E-state index contributed by atoms with van der Waals surface area (Å²) < 4.78 is 0. The van der Waals surface area contributed by atoms with Gasteiger partial charge in [-0.1, -0.05) is 56.0 Å². The summed E-state index contributed by atoms with van der Waals surface area (Å²) in [7, 11) is 0. The molecule has 0 radical (unpaired) electrons. The van der Waals surface area contributed by atoms with Gasteiger partial charge in [-0.2, -0.15) is 0 Å². The molecule has 1 spiro atoms. The molecule has 2 aliphatic carbocycles. The first-order valence-electron chi connectivity index (χ1n) is 11.9. The molecule has 6 nitrogen and oxygen atoms in total. The molecule has 2 fully saturated rings. The van der Waals surface area contributed by atoms with Crippen molar-refractivity contribution in [3.8, 4) is 0 Å². The molecule has 164 valence electrons. The number of aromatic nitrogens is 2. The molecule has 6 heteroatoms. The number of H-pyrrole nitrogens is 1. The zero-order valence-corrected chi connectivity index (χ0v) is 18.1. The number of benzene rings is 2. The molecular weight excluding hydrogens is 400 g/mol. The maximum atomic E-state index is 13.9. The number of fused-ring (bicyclic) bond motifs is 2. The van der Waals surface area contributed by atoms with Gasteiger partial charge in [0.05, 0.1) is 22.5 Å². The molecule has 0 bridgehead atoms. The van der Waals surface area contributed by atoms with Crippen LogP contribution < -0.4 is 5.32 Å². The van der Waals surface area contributed by atoms with E-state index in [2.05, 4.69) is 20.2 Å². The van der Waals surface area contributed by atoms with Crippen LogP contribution in [0.2, 0.25) is 0 Å². The highest BCUT2D eigenvalue weighted by atomic mass is 16.2. The van der Waals surface area contributed by atoms with Gasteiger partial charge in [0.25, 0.3) is 5.91 Å². The Bertz CT molecular complexity index is 1150. The first-order chi connectivity index (χ1) is 15.7. The van der Waals surface area contributed by atoms with Crippen molar-refractivity contribution in [1.82, 2.24) is 14.9 Å². The second-order valence-corrected chi connectivity index (χ2v) is 9.54. The predicted octanol–water partition coefficient (Wildman–Crippen LogP) is 5.00. The maximum Gasteiger partial charge on any atom is 0.254 e. The molecular formula is C26H28N4O2. The van der Waals surface area contributed by atoms with E-state index in [9.17, 15) is 9.59 Å². The fourth-order valence-corrected chi connectivity index (χ4v) is 6.50. The van der Waals surface area contributed by atoms with E-state index in [0.717, 1.165) is 68.0 Å². The van der Waals surface area contributed by atoms with Gasteiger partial charge >= 0.3 is 0 Å². The van der Waals surface area contributed by atoms with Gasteiger partial charge < -0.3 is 9.88 Å². The van der Waals surface area contributed by atoms with Gasteiger partial charge in [-0.25, -0.2) is 4.98 Å². The highest BCUT2D eigenvalue weighted by molar-refractivity contribution is 6.05. The predicted molar refractivity (Wildman–Crippen MR) is 124 cm³/mol. The number of rotatable bonds is 3. The fourth-order valence-electron chi connectivity index (χ4n) is 6.50. The van der Waals surface area contributed by atoms with E-state index < -0.39 is 11.5 Å². The minimum atomic E-state index is -0.448. The lowest BCUT2D eigenvalue weighted by Crippen LogP contribution is -2.62. The number of anilines is 1. The summed E-state index contributed by atoms with van der Waals surface area (Å²) >= 11 is 0. The summed E-state index contributed by atoms with van der Waals surface area (Å²) in [6.45, 7) is 0. The number of nitrogens with zero attached hydrogens (tertiary/aromatic N) is 2. The Morgan fingerprint density at radius 2 is 1.72 bits per heavy atom. The van der Waals surface area contributed by atoms with E-state index in [-0.39, 0.29) is 17.9 Å². The Labute approximate surface area is 187 Å². The zero-order chi connectivity index (χ0) is 21.7. The minimum absolute atomic E-state index is 0.0751. The molecule has 1 aliphatic heterocycles. The van der Waals surface area contributed by atoms with Crippen molar-refractivity contribution in [2.24, 2.45) is 0 Å². The number of carbonyl (C=O) groups is 2. The summed E-state index contributed by atoms with van der Waals surface area (Å²) in [6.07, 6.45) is 8.23. The summed E-state index contributed by atoms with van der Waals surface area (Å²) in [4.78, 5) is 37.6. The second kappa shape index (κ2) is 7.47. The molecule has 2 N–H and O–H groups in total. The average Bonchev–Trinajstić information content (AvgIpc) is 3.55.